The molecule has 0 amide bonds. The Bertz CT molecular complexity index is 477. The minimum atomic E-state index is -0.174. The summed E-state index contributed by atoms with van der Waals surface area (Å²) in [6.45, 7) is 3.93. The molecule has 0 atom stereocenters. The molecule has 0 bridgehead atoms. The first-order valence-electron chi connectivity index (χ1n) is 4.77. The van der Waals surface area contributed by atoms with Gasteiger partial charge in [0.2, 0.25) is 0 Å². The number of hydrogen-bond donors (Lipinski definition) is 0. The fourth-order valence-corrected chi connectivity index (χ4v) is 1.75. The number of pyridine rings is 1. The van der Waals surface area contributed by atoms with Gasteiger partial charge in [0.05, 0.1) is 5.69 Å². The third-order valence-electron chi connectivity index (χ3n) is 2.35. The van der Waals surface area contributed by atoms with E-state index in [2.05, 4.69) is 4.98 Å². The van der Waals surface area contributed by atoms with Crippen molar-refractivity contribution in [3.05, 3.63) is 41.5 Å². The number of benzene rings is 1. The van der Waals surface area contributed by atoms with Gasteiger partial charge in [-0.05, 0) is 30.9 Å². The molecule has 0 aliphatic rings. The fourth-order valence-electron chi connectivity index (χ4n) is 1.75. The number of hydrogen-bond acceptors (Lipinski definition) is 1. The summed E-state index contributed by atoms with van der Waals surface area (Å²) in [6, 6.07) is 7.05. The molecule has 0 saturated carbocycles. The maximum Gasteiger partial charge on any atom is 0.132 e. The highest BCUT2D eigenvalue weighted by Crippen LogP contribution is 2.21. The summed E-state index contributed by atoms with van der Waals surface area (Å²) in [6.07, 6.45) is 0.763. The molecule has 2 rings (SSSR count). The Morgan fingerprint density at radius 2 is 2.14 bits per heavy atom. The van der Waals surface area contributed by atoms with Crippen LogP contribution in [0.5, 0.6) is 0 Å². The van der Waals surface area contributed by atoms with E-state index in [0.717, 1.165) is 23.2 Å². The fraction of sp³-hybridized carbons (Fsp3) is 0.250. The molecule has 1 heterocycles. The van der Waals surface area contributed by atoms with Crippen LogP contribution in [0.15, 0.2) is 24.3 Å². The number of rotatable bonds is 1. The summed E-state index contributed by atoms with van der Waals surface area (Å²) in [7, 11) is 0. The first kappa shape index (κ1) is 9.13. The van der Waals surface area contributed by atoms with Gasteiger partial charge in [-0.1, -0.05) is 19.1 Å². The summed E-state index contributed by atoms with van der Waals surface area (Å²) in [5.41, 5.74) is 1.79. The molecule has 1 aromatic carbocycles. The number of aryl methyl sites for hydroxylation is 2. The zero-order chi connectivity index (χ0) is 10.1. The lowest BCUT2D eigenvalue weighted by Crippen LogP contribution is -1.94. The van der Waals surface area contributed by atoms with Crippen LogP contribution >= 0.6 is 0 Å². The van der Waals surface area contributed by atoms with Crippen LogP contribution in [0.4, 0.5) is 4.39 Å². The zero-order valence-electron chi connectivity index (χ0n) is 8.34. The first-order chi connectivity index (χ1) is 6.72. The van der Waals surface area contributed by atoms with Crippen molar-refractivity contribution in [3.63, 3.8) is 0 Å². The van der Waals surface area contributed by atoms with Gasteiger partial charge in [0.1, 0.15) is 5.82 Å². The van der Waals surface area contributed by atoms with Crippen molar-refractivity contribution in [1.29, 1.82) is 0 Å². The monoisotopic (exact) mass is 189 g/mol. The van der Waals surface area contributed by atoms with Crippen molar-refractivity contribution in [3.8, 4) is 0 Å². The van der Waals surface area contributed by atoms with Crippen LogP contribution in [0.2, 0.25) is 0 Å². The summed E-state index contributed by atoms with van der Waals surface area (Å²) in [4.78, 5) is 4.34. The molecule has 0 unspecified atom stereocenters. The Morgan fingerprint density at radius 3 is 2.86 bits per heavy atom. The van der Waals surface area contributed by atoms with Crippen LogP contribution < -0.4 is 0 Å². The lowest BCUT2D eigenvalue weighted by molar-refractivity contribution is 0.638. The van der Waals surface area contributed by atoms with Crippen LogP contribution in [-0.2, 0) is 6.42 Å². The Balaban J connectivity index is 2.88. The smallest absolute Gasteiger partial charge is 0.132 e. The van der Waals surface area contributed by atoms with Crippen molar-refractivity contribution in [2.45, 2.75) is 20.3 Å². The van der Waals surface area contributed by atoms with Crippen LogP contribution in [0, 0.1) is 12.7 Å². The van der Waals surface area contributed by atoms with Gasteiger partial charge in [0.15, 0.2) is 0 Å². The van der Waals surface area contributed by atoms with E-state index in [1.807, 2.05) is 26.0 Å². The largest absolute Gasteiger partial charge is 0.257 e. The van der Waals surface area contributed by atoms with Crippen LogP contribution in [-0.4, -0.2) is 4.98 Å². The van der Waals surface area contributed by atoms with Gasteiger partial charge < -0.3 is 0 Å². The van der Waals surface area contributed by atoms with E-state index in [4.69, 9.17) is 0 Å². The zero-order valence-corrected chi connectivity index (χ0v) is 8.34. The van der Waals surface area contributed by atoms with E-state index in [-0.39, 0.29) is 5.82 Å². The SMILES string of the molecule is CCc1nc(C)cc2cccc(F)c12. The predicted molar refractivity (Wildman–Crippen MR) is 55.8 cm³/mol. The second-order valence-electron chi connectivity index (χ2n) is 3.40. The predicted octanol–water partition coefficient (Wildman–Crippen LogP) is 3.24. The van der Waals surface area contributed by atoms with Crippen molar-refractivity contribution >= 4 is 10.8 Å². The van der Waals surface area contributed by atoms with Crippen molar-refractivity contribution in [2.75, 3.05) is 0 Å². The molecule has 0 radical (unpaired) electrons. The summed E-state index contributed by atoms with van der Waals surface area (Å²) < 4.78 is 13.5. The van der Waals surface area contributed by atoms with E-state index < -0.39 is 0 Å². The van der Waals surface area contributed by atoms with Gasteiger partial charge in [-0.3, -0.25) is 4.98 Å². The first-order valence-corrected chi connectivity index (χ1v) is 4.77. The highest BCUT2D eigenvalue weighted by Gasteiger charge is 2.06. The Labute approximate surface area is 82.6 Å². The molecule has 72 valence electrons. The minimum Gasteiger partial charge on any atom is -0.257 e. The normalized spacial score (nSPS) is 10.8. The molecule has 0 fully saturated rings. The summed E-state index contributed by atoms with van der Waals surface area (Å²) in [5.74, 6) is -0.174. The van der Waals surface area contributed by atoms with Crippen LogP contribution in [0.3, 0.4) is 0 Å². The van der Waals surface area contributed by atoms with Crippen molar-refractivity contribution < 1.29 is 4.39 Å². The Hall–Kier alpha value is -1.44. The van der Waals surface area contributed by atoms with Crippen molar-refractivity contribution in [2.24, 2.45) is 0 Å². The van der Waals surface area contributed by atoms with Gasteiger partial charge in [-0.15, -0.1) is 0 Å². The molecule has 1 aromatic heterocycles. The molecule has 2 heteroatoms. The minimum absolute atomic E-state index is 0.174. The highest BCUT2D eigenvalue weighted by molar-refractivity contribution is 5.85. The third-order valence-corrected chi connectivity index (χ3v) is 2.35. The Kier molecular flexibility index (Phi) is 2.20. The molecule has 0 aliphatic carbocycles. The third kappa shape index (κ3) is 1.37. The topological polar surface area (TPSA) is 12.9 Å². The molecule has 1 nitrogen and oxygen atoms in total. The van der Waals surface area contributed by atoms with E-state index in [1.165, 1.54) is 6.07 Å². The second kappa shape index (κ2) is 3.37. The van der Waals surface area contributed by atoms with Gasteiger partial charge in [0, 0.05) is 11.1 Å². The molecule has 0 aliphatic heterocycles. The molecule has 14 heavy (non-hydrogen) atoms. The molecule has 0 spiro atoms. The number of fused-ring (bicyclic) bond motifs is 1. The maximum atomic E-state index is 13.5. The lowest BCUT2D eigenvalue weighted by atomic mass is 10.1. The van der Waals surface area contributed by atoms with Gasteiger partial charge in [-0.2, -0.15) is 0 Å². The lowest BCUT2D eigenvalue weighted by Gasteiger charge is -2.05. The van der Waals surface area contributed by atoms with E-state index in [1.54, 1.807) is 6.07 Å². The molecule has 2 aromatic rings. The molecule has 0 saturated heterocycles. The summed E-state index contributed by atoms with van der Waals surface area (Å²) >= 11 is 0. The molecular formula is C12H12FN. The van der Waals surface area contributed by atoms with Crippen molar-refractivity contribution in [1.82, 2.24) is 4.98 Å². The van der Waals surface area contributed by atoms with E-state index >= 15 is 0 Å². The van der Waals surface area contributed by atoms with Gasteiger partial charge in [0.25, 0.3) is 0 Å². The van der Waals surface area contributed by atoms with Crippen LogP contribution in [0.1, 0.15) is 18.3 Å². The van der Waals surface area contributed by atoms with E-state index in [9.17, 15) is 4.39 Å². The highest BCUT2D eigenvalue weighted by atomic mass is 19.1. The quantitative estimate of drug-likeness (QED) is 0.671. The van der Waals surface area contributed by atoms with E-state index in [0.29, 0.717) is 5.39 Å². The van der Waals surface area contributed by atoms with Gasteiger partial charge in [-0.25, -0.2) is 4.39 Å². The standard InChI is InChI=1S/C12H12FN/c1-3-11-12-9(7-8(2)14-11)5-4-6-10(12)13/h4-7H,3H2,1-2H3. The molecule has 0 N–H and O–H groups in total. The second-order valence-corrected chi connectivity index (χ2v) is 3.40. The average Bonchev–Trinajstić information content (AvgIpc) is 2.16. The molecular weight excluding hydrogens is 177 g/mol. The summed E-state index contributed by atoms with van der Waals surface area (Å²) in [5, 5.41) is 1.61. The average molecular weight is 189 g/mol. The number of nitrogens with zero attached hydrogens (tertiary/aromatic N) is 1. The Morgan fingerprint density at radius 1 is 1.36 bits per heavy atom. The maximum absolute atomic E-state index is 13.5. The van der Waals surface area contributed by atoms with Crippen LogP contribution in [0.25, 0.3) is 10.8 Å². The number of aromatic nitrogens is 1. The van der Waals surface area contributed by atoms with Gasteiger partial charge >= 0.3 is 0 Å². The number of halogens is 1.